The minimum absolute atomic E-state index is 0.116. The van der Waals surface area contributed by atoms with Crippen LogP contribution in [0, 0.1) is 0 Å². The molecule has 1 rings (SSSR count). The van der Waals surface area contributed by atoms with Crippen molar-refractivity contribution in [2.24, 2.45) is 0 Å². The summed E-state index contributed by atoms with van der Waals surface area (Å²) in [6.07, 6.45) is -5.21. The Morgan fingerprint density at radius 3 is 2.44 bits per heavy atom. The van der Waals surface area contributed by atoms with Crippen molar-refractivity contribution >= 4 is 11.9 Å². The maximum Gasteiger partial charge on any atom is 0.306 e. The fraction of sp³-hybridized carbons (Fsp3) is 0.800. The zero-order valence-corrected chi connectivity index (χ0v) is 9.56. The highest BCUT2D eigenvalue weighted by atomic mass is 16.6. The van der Waals surface area contributed by atoms with E-state index in [1.807, 2.05) is 0 Å². The number of esters is 1. The number of carbonyl (C=O) groups excluding carboxylic acids is 1. The lowest BCUT2D eigenvalue weighted by atomic mass is 10.1. The molecule has 4 atom stereocenters. The number of carboxylic acid groups (broad SMARTS) is 1. The second-order valence-corrected chi connectivity index (χ2v) is 3.96. The normalized spacial score (nSPS) is 28.9. The van der Waals surface area contributed by atoms with E-state index in [-0.39, 0.29) is 19.4 Å². The maximum absolute atomic E-state index is 11.3. The fourth-order valence-corrected chi connectivity index (χ4v) is 1.60. The van der Waals surface area contributed by atoms with Gasteiger partial charge in [0.1, 0.15) is 18.3 Å². The van der Waals surface area contributed by atoms with Crippen LogP contribution in [0.1, 0.15) is 12.8 Å². The summed E-state index contributed by atoms with van der Waals surface area (Å²) in [7, 11) is 0. The third kappa shape index (κ3) is 3.91. The number of hydrogen-bond acceptors (Lipinski definition) is 7. The average Bonchev–Trinajstić information content (AvgIpc) is 2.65. The van der Waals surface area contributed by atoms with Crippen LogP contribution in [0.4, 0.5) is 0 Å². The Morgan fingerprint density at radius 1 is 1.33 bits per heavy atom. The second-order valence-electron chi connectivity index (χ2n) is 3.96. The Hall–Kier alpha value is -1.22. The zero-order chi connectivity index (χ0) is 13.7. The SMILES string of the molecule is O=C(O)CCC(=O)O[C@H](CO)[C@H]1OC[C@H](O)[C@H]1O. The molecule has 1 aliphatic heterocycles. The summed E-state index contributed by atoms with van der Waals surface area (Å²) in [5.74, 6) is -1.95. The summed E-state index contributed by atoms with van der Waals surface area (Å²) in [4.78, 5) is 21.5. The lowest BCUT2D eigenvalue weighted by Crippen LogP contribution is -2.43. The number of aliphatic carboxylic acids is 1. The van der Waals surface area contributed by atoms with Crippen molar-refractivity contribution in [2.75, 3.05) is 13.2 Å². The van der Waals surface area contributed by atoms with Crippen LogP contribution in [-0.4, -0.2) is 70.0 Å². The molecule has 1 fully saturated rings. The third-order valence-electron chi connectivity index (χ3n) is 2.56. The largest absolute Gasteiger partial charge is 0.481 e. The number of aliphatic hydroxyl groups excluding tert-OH is 3. The Bertz CT molecular complexity index is 304. The van der Waals surface area contributed by atoms with E-state index < -0.39 is 43.0 Å². The van der Waals surface area contributed by atoms with Crippen molar-refractivity contribution in [3.8, 4) is 0 Å². The van der Waals surface area contributed by atoms with Crippen molar-refractivity contribution in [2.45, 2.75) is 37.3 Å². The van der Waals surface area contributed by atoms with E-state index in [9.17, 15) is 19.8 Å². The first-order valence-corrected chi connectivity index (χ1v) is 5.45. The molecule has 4 N–H and O–H groups in total. The summed E-state index contributed by atoms with van der Waals surface area (Å²) >= 11 is 0. The number of aliphatic hydroxyl groups is 3. The van der Waals surface area contributed by atoms with E-state index in [0.29, 0.717) is 0 Å². The van der Waals surface area contributed by atoms with Crippen LogP contribution in [0.15, 0.2) is 0 Å². The molecule has 0 amide bonds. The minimum atomic E-state index is -1.26. The van der Waals surface area contributed by atoms with Gasteiger partial charge < -0.3 is 29.9 Å². The van der Waals surface area contributed by atoms with Gasteiger partial charge in [-0.1, -0.05) is 0 Å². The minimum Gasteiger partial charge on any atom is -0.481 e. The van der Waals surface area contributed by atoms with Gasteiger partial charge in [0.25, 0.3) is 0 Å². The Kier molecular flexibility index (Phi) is 5.48. The molecule has 18 heavy (non-hydrogen) atoms. The number of carboxylic acids is 1. The van der Waals surface area contributed by atoms with Gasteiger partial charge in [0.2, 0.25) is 0 Å². The lowest BCUT2D eigenvalue weighted by Gasteiger charge is -2.23. The molecule has 0 unspecified atom stereocenters. The molecule has 0 radical (unpaired) electrons. The average molecular weight is 264 g/mol. The zero-order valence-electron chi connectivity index (χ0n) is 9.56. The van der Waals surface area contributed by atoms with E-state index >= 15 is 0 Å². The van der Waals surface area contributed by atoms with Gasteiger partial charge in [-0.15, -0.1) is 0 Å². The Balaban J connectivity index is 2.46. The standard InChI is InChI=1S/C10H16O8/c11-3-6(10-9(16)5(12)4-17-10)18-8(15)2-1-7(13)14/h5-6,9-12,16H,1-4H2,(H,13,14)/t5-,6+,9+,10+/m0/s1. The van der Waals surface area contributed by atoms with Crippen LogP contribution in [0.5, 0.6) is 0 Å². The van der Waals surface area contributed by atoms with Gasteiger partial charge in [0.15, 0.2) is 6.10 Å². The Labute approximate surface area is 103 Å². The molecule has 0 spiro atoms. The molecule has 0 aliphatic carbocycles. The van der Waals surface area contributed by atoms with E-state index in [1.165, 1.54) is 0 Å². The maximum atomic E-state index is 11.3. The monoisotopic (exact) mass is 264 g/mol. The highest BCUT2D eigenvalue weighted by Crippen LogP contribution is 2.19. The number of hydrogen-bond donors (Lipinski definition) is 4. The van der Waals surface area contributed by atoms with Gasteiger partial charge in [-0.3, -0.25) is 9.59 Å². The molecule has 0 aromatic heterocycles. The molecule has 1 saturated heterocycles. The van der Waals surface area contributed by atoms with Crippen LogP contribution >= 0.6 is 0 Å². The smallest absolute Gasteiger partial charge is 0.306 e. The van der Waals surface area contributed by atoms with Crippen molar-refractivity contribution in [1.29, 1.82) is 0 Å². The van der Waals surface area contributed by atoms with Gasteiger partial charge in [-0.25, -0.2) is 0 Å². The predicted octanol–water partition coefficient (Wildman–Crippen LogP) is -2.12. The molecule has 0 aromatic rings. The number of rotatable bonds is 6. The molecule has 0 aromatic carbocycles. The second kappa shape index (κ2) is 6.64. The van der Waals surface area contributed by atoms with Gasteiger partial charge in [-0.2, -0.15) is 0 Å². The van der Waals surface area contributed by atoms with Gasteiger partial charge in [0, 0.05) is 0 Å². The van der Waals surface area contributed by atoms with Gasteiger partial charge in [-0.05, 0) is 0 Å². The summed E-state index contributed by atoms with van der Waals surface area (Å²) in [6.45, 7) is -0.706. The molecular formula is C10H16O8. The van der Waals surface area contributed by atoms with Crippen molar-refractivity contribution in [3.63, 3.8) is 0 Å². The molecule has 104 valence electrons. The number of carbonyl (C=O) groups is 2. The quantitative estimate of drug-likeness (QED) is 0.400. The van der Waals surface area contributed by atoms with Crippen LogP contribution in [-0.2, 0) is 19.1 Å². The van der Waals surface area contributed by atoms with Crippen molar-refractivity contribution in [3.05, 3.63) is 0 Å². The molecule has 8 nitrogen and oxygen atoms in total. The molecule has 1 aliphatic rings. The summed E-state index contributed by atoms with van der Waals surface area (Å²) in [5.41, 5.74) is 0. The first-order valence-electron chi connectivity index (χ1n) is 5.45. The summed E-state index contributed by atoms with van der Waals surface area (Å²) < 4.78 is 9.81. The Morgan fingerprint density at radius 2 is 2.00 bits per heavy atom. The van der Waals surface area contributed by atoms with E-state index in [2.05, 4.69) is 0 Å². The third-order valence-corrected chi connectivity index (χ3v) is 2.56. The summed E-state index contributed by atoms with van der Waals surface area (Å²) in [5, 5.41) is 36.2. The van der Waals surface area contributed by atoms with Gasteiger partial charge >= 0.3 is 11.9 Å². The van der Waals surface area contributed by atoms with Crippen LogP contribution in [0.2, 0.25) is 0 Å². The van der Waals surface area contributed by atoms with Crippen molar-refractivity contribution in [1.82, 2.24) is 0 Å². The molecule has 1 heterocycles. The molecule has 0 bridgehead atoms. The topological polar surface area (TPSA) is 134 Å². The fourth-order valence-electron chi connectivity index (χ4n) is 1.60. The van der Waals surface area contributed by atoms with E-state index in [4.69, 9.17) is 19.7 Å². The van der Waals surface area contributed by atoms with Crippen LogP contribution < -0.4 is 0 Å². The molecular weight excluding hydrogens is 248 g/mol. The molecule has 8 heteroatoms. The highest BCUT2D eigenvalue weighted by Gasteiger charge is 2.41. The van der Waals surface area contributed by atoms with Crippen molar-refractivity contribution < 1.29 is 39.5 Å². The van der Waals surface area contributed by atoms with Gasteiger partial charge in [0.05, 0.1) is 26.1 Å². The number of ether oxygens (including phenoxy) is 2. The first-order chi connectivity index (χ1) is 8.45. The highest BCUT2D eigenvalue weighted by molar-refractivity contribution is 5.76. The van der Waals surface area contributed by atoms with Crippen LogP contribution in [0.3, 0.4) is 0 Å². The summed E-state index contributed by atoms with van der Waals surface area (Å²) in [6, 6.07) is 0. The van der Waals surface area contributed by atoms with E-state index in [0.717, 1.165) is 0 Å². The first kappa shape index (κ1) is 14.8. The van der Waals surface area contributed by atoms with Crippen LogP contribution in [0.25, 0.3) is 0 Å². The lowest BCUT2D eigenvalue weighted by molar-refractivity contribution is -0.164. The molecule has 0 saturated carbocycles. The predicted molar refractivity (Wildman–Crippen MR) is 55.6 cm³/mol. The van der Waals surface area contributed by atoms with E-state index in [1.54, 1.807) is 0 Å².